The van der Waals surface area contributed by atoms with E-state index in [0.29, 0.717) is 32.2 Å². The van der Waals surface area contributed by atoms with Crippen molar-refractivity contribution in [1.29, 1.82) is 0 Å². The minimum absolute atomic E-state index is 0. The van der Waals surface area contributed by atoms with Crippen molar-refractivity contribution in [3.8, 4) is 0 Å². The second-order valence-electron chi connectivity index (χ2n) is 12.1. The second-order valence-corrected chi connectivity index (χ2v) is 13.9. The van der Waals surface area contributed by atoms with Crippen LogP contribution < -0.4 is 77.1 Å². The molecule has 0 spiro atoms. The van der Waals surface area contributed by atoms with E-state index >= 15 is 0 Å². The molecule has 0 saturated carbocycles. The van der Waals surface area contributed by atoms with Gasteiger partial charge in [0.2, 0.25) is 23.6 Å². The van der Waals surface area contributed by atoms with Crippen molar-refractivity contribution in [3.05, 3.63) is 36.0 Å². The average molecular weight is 686 g/mol. The third-order valence-electron chi connectivity index (χ3n) is 8.95. The maximum Gasteiger partial charge on any atom is 1.00 e. The number of nitrogens with zero attached hydrogens (tertiary/aromatic N) is 2. The Labute approximate surface area is 312 Å². The summed E-state index contributed by atoms with van der Waals surface area (Å²) in [4.78, 5) is 82.7. The van der Waals surface area contributed by atoms with E-state index in [1.807, 2.05) is 38.1 Å². The molecule has 248 valence electrons. The number of unbranched alkanes of at least 4 members (excludes halogenated alkanes) is 2. The van der Waals surface area contributed by atoms with Crippen LogP contribution in [0.1, 0.15) is 70.8 Å². The van der Waals surface area contributed by atoms with Gasteiger partial charge in [-0.3, -0.25) is 19.2 Å². The predicted octanol–water partition coefficient (Wildman–Crippen LogP) is -1.75. The van der Waals surface area contributed by atoms with Crippen LogP contribution in [-0.2, 0) is 30.2 Å². The number of piperidine rings is 1. The van der Waals surface area contributed by atoms with E-state index in [2.05, 4.69) is 16.0 Å². The third-order valence-corrected chi connectivity index (χ3v) is 9.83. The number of hydrogen-bond acceptors (Lipinski definition) is 7. The molecule has 4 rings (SSSR count). The zero-order valence-corrected chi connectivity index (χ0v) is 31.2. The Morgan fingerprint density at radius 2 is 1.72 bits per heavy atom. The van der Waals surface area contributed by atoms with Gasteiger partial charge in [-0.25, -0.2) is 0 Å². The molecule has 2 aliphatic heterocycles. The van der Waals surface area contributed by atoms with Crippen LogP contribution in [0.2, 0.25) is 0 Å². The monoisotopic (exact) mass is 685 g/mol. The number of benzene rings is 1. The Balaban J connectivity index is 0.00000576. The van der Waals surface area contributed by atoms with Crippen LogP contribution in [0.3, 0.4) is 0 Å². The van der Waals surface area contributed by atoms with Crippen molar-refractivity contribution < 1.29 is 89.8 Å². The van der Waals surface area contributed by atoms with Gasteiger partial charge in [0.15, 0.2) is 0 Å². The zero-order chi connectivity index (χ0) is 32.7. The quantitative estimate of drug-likeness (QED) is 0.122. The molecule has 15 heteroatoms. The molecule has 13 nitrogen and oxygen atoms in total. The van der Waals surface area contributed by atoms with Crippen molar-refractivity contribution >= 4 is 42.1 Å². The maximum absolute atomic E-state index is 14.0. The van der Waals surface area contributed by atoms with Crippen LogP contribution in [-0.4, -0.2) is 82.1 Å². The number of amides is 4. The molecule has 0 aliphatic carbocycles. The van der Waals surface area contributed by atoms with Gasteiger partial charge in [-0.2, -0.15) is 4.73 Å². The Bertz CT molecular complexity index is 1430. The van der Waals surface area contributed by atoms with Crippen LogP contribution in [0.4, 0.5) is 0 Å². The predicted molar refractivity (Wildman–Crippen MR) is 166 cm³/mol. The molecule has 1 aromatic carbocycles. The Kier molecular flexibility index (Phi) is 14.8. The molecular weight excluding hydrogens is 640 g/mol. The molecule has 1 aromatic heterocycles. The summed E-state index contributed by atoms with van der Waals surface area (Å²) in [7, 11) is -2.86. The molecule has 2 aliphatic rings. The maximum atomic E-state index is 14.0. The van der Waals surface area contributed by atoms with Crippen LogP contribution in [0, 0.1) is 5.92 Å². The molecule has 2 aromatic rings. The number of fused-ring (bicyclic) bond motifs is 2. The smallest absolute Gasteiger partial charge is 0.779 e. The van der Waals surface area contributed by atoms with E-state index in [1.165, 1.54) is 7.11 Å². The summed E-state index contributed by atoms with van der Waals surface area (Å²) >= 11 is 0. The number of carbonyl (C=O) groups is 4. The molecule has 4 N–H and O–H groups in total. The Morgan fingerprint density at radius 1 is 1.02 bits per heavy atom. The number of carbonyl (C=O) groups excluding carboxylic acids is 4. The standard InChI is InChI=1S/C31H46N5O8P.K/c1-4-20(2)27-31(40)35-16-10-9-15-26(35)30(39)32-23(13-6-5-11-17-45(41,42)43)28(37)33-24(29(38)34-27)18-21-19-36(44-3)25-14-8-7-12-22(21)25;/h7-8,12,14,19-20,23-24,26-27H,4-6,9-11,13,15-18H2,1-3H3,(H,32,39)(H,33,37)(H,34,38)(H2,41,42,43);/q;+1/p-1/t20?,23-,24-,26+,27-;/m0./s1. The SMILES string of the molecule is CCC(C)[C@@H]1NC(=O)[C@H](Cc2cn(OC)c3ccccc23)NC(=O)[C@H](CCCCCP(=O)([O-])O)NC(=O)[C@H]2CCCCN2C1=O.[K+]. The molecule has 0 bridgehead atoms. The van der Waals surface area contributed by atoms with Gasteiger partial charge in [-0.05, 0) is 49.7 Å². The van der Waals surface area contributed by atoms with Crippen molar-refractivity contribution in [2.75, 3.05) is 19.8 Å². The van der Waals surface area contributed by atoms with Gasteiger partial charge in [0.25, 0.3) is 0 Å². The molecule has 2 unspecified atom stereocenters. The van der Waals surface area contributed by atoms with Crippen molar-refractivity contribution in [2.45, 2.75) is 95.8 Å². The van der Waals surface area contributed by atoms with Gasteiger partial charge in [0, 0.05) is 30.7 Å². The van der Waals surface area contributed by atoms with Gasteiger partial charge in [0.1, 0.15) is 38.9 Å². The van der Waals surface area contributed by atoms with Gasteiger partial charge in [-0.1, -0.05) is 51.3 Å². The van der Waals surface area contributed by atoms with Gasteiger partial charge >= 0.3 is 51.4 Å². The summed E-state index contributed by atoms with van der Waals surface area (Å²) in [5, 5.41) is 9.47. The van der Waals surface area contributed by atoms with Crippen LogP contribution in [0.15, 0.2) is 30.5 Å². The third kappa shape index (κ3) is 9.88. The normalized spacial score (nSPS) is 24.7. The van der Waals surface area contributed by atoms with E-state index in [4.69, 9.17) is 9.73 Å². The summed E-state index contributed by atoms with van der Waals surface area (Å²) in [5.74, 6) is -2.04. The summed E-state index contributed by atoms with van der Waals surface area (Å²) in [6.45, 7) is 4.18. The summed E-state index contributed by atoms with van der Waals surface area (Å²) in [6, 6.07) is 3.75. The topological polar surface area (TPSA) is 182 Å². The van der Waals surface area contributed by atoms with E-state index < -0.39 is 49.5 Å². The molecule has 2 saturated heterocycles. The average Bonchev–Trinajstić information content (AvgIpc) is 3.38. The number of aromatic nitrogens is 1. The minimum atomic E-state index is -4.39. The van der Waals surface area contributed by atoms with Crippen molar-refractivity contribution in [3.63, 3.8) is 0 Å². The first kappa shape index (κ1) is 38.7. The van der Waals surface area contributed by atoms with Gasteiger partial charge < -0.3 is 40.0 Å². The van der Waals surface area contributed by atoms with Crippen LogP contribution >= 0.6 is 7.60 Å². The van der Waals surface area contributed by atoms with Crippen molar-refractivity contribution in [2.24, 2.45) is 5.92 Å². The fourth-order valence-electron chi connectivity index (χ4n) is 6.19. The summed E-state index contributed by atoms with van der Waals surface area (Å²) in [6.07, 6.45) is 5.17. The Hall–Kier alpha value is -1.77. The number of hydrogen-bond donors (Lipinski definition) is 4. The van der Waals surface area contributed by atoms with E-state index in [0.717, 1.165) is 29.3 Å². The first-order valence-corrected chi connectivity index (χ1v) is 17.6. The first-order valence-electron chi connectivity index (χ1n) is 15.8. The second kappa shape index (κ2) is 17.6. The van der Waals surface area contributed by atoms with Gasteiger partial charge in [0.05, 0.1) is 5.52 Å². The van der Waals surface area contributed by atoms with E-state index in [1.54, 1.807) is 15.8 Å². The molecule has 0 radical (unpaired) electrons. The first-order chi connectivity index (χ1) is 21.4. The van der Waals surface area contributed by atoms with E-state index in [9.17, 15) is 28.6 Å². The molecule has 4 amide bonds. The molecule has 3 heterocycles. The zero-order valence-electron chi connectivity index (χ0n) is 27.2. The fourth-order valence-corrected chi connectivity index (χ4v) is 6.81. The molecule has 2 fully saturated rings. The molecule has 6 atom stereocenters. The van der Waals surface area contributed by atoms with E-state index in [-0.39, 0.29) is 88.6 Å². The number of nitrogens with one attached hydrogen (secondary N) is 3. The van der Waals surface area contributed by atoms with Crippen LogP contribution in [0.25, 0.3) is 10.9 Å². The largest absolute Gasteiger partial charge is 1.00 e. The molecule has 46 heavy (non-hydrogen) atoms. The minimum Gasteiger partial charge on any atom is -0.779 e. The fraction of sp³-hybridized carbons (Fsp3) is 0.613. The number of para-hydroxylation sites is 1. The van der Waals surface area contributed by atoms with Crippen molar-refractivity contribution in [1.82, 2.24) is 25.6 Å². The van der Waals surface area contributed by atoms with Gasteiger partial charge in [-0.15, -0.1) is 0 Å². The molecular formula is C31H45KN5O8P. The Morgan fingerprint density at radius 3 is 2.41 bits per heavy atom. The van der Waals surface area contributed by atoms with Crippen LogP contribution in [0.5, 0.6) is 0 Å². The number of rotatable bonds is 11. The summed E-state index contributed by atoms with van der Waals surface area (Å²) in [5.41, 5.74) is 1.53. The summed E-state index contributed by atoms with van der Waals surface area (Å²) < 4.78 is 12.7.